The predicted octanol–water partition coefficient (Wildman–Crippen LogP) is 3.98. The lowest BCUT2D eigenvalue weighted by Gasteiger charge is -2.51. The summed E-state index contributed by atoms with van der Waals surface area (Å²) in [5, 5.41) is 1.17. The number of nitrogens with zero attached hydrogens (tertiary/aromatic N) is 2. The number of hydrogen-bond donors (Lipinski definition) is 0. The van der Waals surface area contributed by atoms with E-state index in [4.69, 9.17) is 27.9 Å². The Hall–Kier alpha value is -0.810. The molecule has 1 aliphatic carbocycles. The molecule has 1 unspecified atom stereocenters. The van der Waals surface area contributed by atoms with Crippen LogP contribution >= 0.6 is 23.2 Å². The Morgan fingerprint density at radius 2 is 1.96 bits per heavy atom. The number of hydrogen-bond acceptors (Lipinski definition) is 3. The molecule has 1 saturated heterocycles. The largest absolute Gasteiger partial charge is 0.379 e. The van der Waals surface area contributed by atoms with Crippen molar-refractivity contribution in [3.8, 4) is 0 Å². The second-order valence-electron chi connectivity index (χ2n) is 7.48. The molecule has 0 N–H and O–H groups in total. The zero-order valence-electron chi connectivity index (χ0n) is 15.6. The molecule has 4 nitrogen and oxygen atoms in total. The highest BCUT2D eigenvalue weighted by Gasteiger charge is 2.46. The smallest absolute Gasteiger partial charge is 0.219 e. The SMILES string of the molecule is CC(=O)N(CCN1CCOCC1)C(C)C1(c2ccc(Cl)c(Cl)c2)CCC1. The van der Waals surface area contributed by atoms with Crippen LogP contribution in [0.2, 0.25) is 10.0 Å². The fraction of sp³-hybridized carbons (Fsp3) is 0.650. The summed E-state index contributed by atoms with van der Waals surface area (Å²) in [5.41, 5.74) is 1.17. The minimum Gasteiger partial charge on any atom is -0.379 e. The maximum atomic E-state index is 12.4. The van der Waals surface area contributed by atoms with E-state index in [1.165, 1.54) is 12.0 Å². The quantitative estimate of drug-likeness (QED) is 0.726. The zero-order chi connectivity index (χ0) is 18.7. The molecule has 1 aromatic carbocycles. The molecule has 26 heavy (non-hydrogen) atoms. The maximum Gasteiger partial charge on any atom is 0.219 e. The molecule has 2 aliphatic rings. The molecular formula is C20H28Cl2N2O2. The van der Waals surface area contributed by atoms with Crippen LogP contribution in [-0.4, -0.2) is 61.1 Å². The van der Waals surface area contributed by atoms with Crippen LogP contribution in [0.3, 0.4) is 0 Å². The maximum absolute atomic E-state index is 12.4. The lowest BCUT2D eigenvalue weighted by Crippen LogP contribution is -2.56. The van der Waals surface area contributed by atoms with Crippen molar-refractivity contribution in [3.63, 3.8) is 0 Å². The van der Waals surface area contributed by atoms with Crippen molar-refractivity contribution in [1.82, 2.24) is 9.80 Å². The Balaban J connectivity index is 1.76. The Morgan fingerprint density at radius 3 is 2.50 bits per heavy atom. The third-order valence-corrected chi connectivity index (χ3v) is 6.91. The third-order valence-electron chi connectivity index (χ3n) is 6.17. The van der Waals surface area contributed by atoms with E-state index in [1.807, 2.05) is 17.0 Å². The molecule has 0 bridgehead atoms. The van der Waals surface area contributed by atoms with Gasteiger partial charge in [-0.05, 0) is 37.5 Å². The Kier molecular flexibility index (Phi) is 6.50. The molecule has 6 heteroatoms. The summed E-state index contributed by atoms with van der Waals surface area (Å²) in [6.45, 7) is 8.95. The first kappa shape index (κ1) is 19.9. The summed E-state index contributed by atoms with van der Waals surface area (Å²) in [4.78, 5) is 16.8. The Morgan fingerprint density at radius 1 is 1.27 bits per heavy atom. The van der Waals surface area contributed by atoms with Crippen molar-refractivity contribution in [2.24, 2.45) is 0 Å². The van der Waals surface area contributed by atoms with E-state index in [0.29, 0.717) is 10.0 Å². The number of rotatable bonds is 6. The Bertz CT molecular complexity index is 643. The molecule has 3 rings (SSSR count). The lowest BCUT2D eigenvalue weighted by atomic mass is 9.60. The molecule has 1 aromatic rings. The van der Waals surface area contributed by atoms with Gasteiger partial charge >= 0.3 is 0 Å². The van der Waals surface area contributed by atoms with E-state index in [0.717, 1.165) is 52.2 Å². The summed E-state index contributed by atoms with van der Waals surface area (Å²) < 4.78 is 5.42. The van der Waals surface area contributed by atoms with Gasteiger partial charge in [-0.15, -0.1) is 0 Å². The fourth-order valence-corrected chi connectivity index (χ4v) is 4.61. The van der Waals surface area contributed by atoms with Crippen LogP contribution in [0.1, 0.15) is 38.7 Å². The number of carbonyl (C=O) groups is 1. The van der Waals surface area contributed by atoms with E-state index < -0.39 is 0 Å². The second-order valence-corrected chi connectivity index (χ2v) is 8.30. The number of carbonyl (C=O) groups excluding carboxylic acids is 1. The van der Waals surface area contributed by atoms with Gasteiger partial charge in [-0.3, -0.25) is 9.69 Å². The van der Waals surface area contributed by atoms with Crippen LogP contribution in [0.4, 0.5) is 0 Å². The topological polar surface area (TPSA) is 32.8 Å². The summed E-state index contributed by atoms with van der Waals surface area (Å²) in [5.74, 6) is 0.136. The first-order valence-corrected chi connectivity index (χ1v) is 10.2. The molecule has 1 atom stereocenters. The number of benzene rings is 1. The van der Waals surface area contributed by atoms with Gasteiger partial charge < -0.3 is 9.64 Å². The number of morpholine rings is 1. The van der Waals surface area contributed by atoms with Crippen LogP contribution in [0.25, 0.3) is 0 Å². The van der Waals surface area contributed by atoms with Gasteiger partial charge in [0, 0.05) is 44.6 Å². The van der Waals surface area contributed by atoms with Gasteiger partial charge in [-0.25, -0.2) is 0 Å². The molecule has 2 fully saturated rings. The van der Waals surface area contributed by atoms with Gasteiger partial charge in [-0.2, -0.15) is 0 Å². The fourth-order valence-electron chi connectivity index (χ4n) is 4.31. The molecule has 0 radical (unpaired) electrons. The van der Waals surface area contributed by atoms with Crippen molar-refractivity contribution in [3.05, 3.63) is 33.8 Å². The standard InChI is InChI=1S/C20H28Cl2N2O2/c1-15(24(16(2)25)9-8-23-10-12-26-13-11-23)20(6-3-7-20)17-4-5-18(21)19(22)14-17/h4-5,14-15H,3,6-13H2,1-2H3. The first-order valence-electron chi connectivity index (χ1n) is 9.47. The average Bonchev–Trinajstić information content (AvgIpc) is 2.58. The monoisotopic (exact) mass is 398 g/mol. The number of amides is 1. The van der Waals surface area contributed by atoms with E-state index >= 15 is 0 Å². The molecule has 0 aromatic heterocycles. The van der Waals surface area contributed by atoms with Crippen LogP contribution in [-0.2, 0) is 14.9 Å². The average molecular weight is 399 g/mol. The normalized spacial score (nSPS) is 21.1. The molecule has 144 valence electrons. The number of ether oxygens (including phenoxy) is 1. The van der Waals surface area contributed by atoms with Gasteiger partial charge in [0.15, 0.2) is 0 Å². The summed E-state index contributed by atoms with van der Waals surface area (Å²) in [7, 11) is 0. The van der Waals surface area contributed by atoms with Crippen LogP contribution in [0.15, 0.2) is 18.2 Å². The van der Waals surface area contributed by atoms with E-state index in [1.54, 1.807) is 6.92 Å². The highest BCUT2D eigenvalue weighted by molar-refractivity contribution is 6.42. The highest BCUT2D eigenvalue weighted by Crippen LogP contribution is 2.49. The van der Waals surface area contributed by atoms with Crippen LogP contribution in [0.5, 0.6) is 0 Å². The van der Waals surface area contributed by atoms with Crippen molar-refractivity contribution in [2.45, 2.75) is 44.6 Å². The summed E-state index contributed by atoms with van der Waals surface area (Å²) in [6.07, 6.45) is 3.33. The van der Waals surface area contributed by atoms with Crippen molar-refractivity contribution in [2.75, 3.05) is 39.4 Å². The number of halogens is 2. The minimum absolute atomic E-state index is 0.0229. The van der Waals surface area contributed by atoms with Gasteiger partial charge in [0.1, 0.15) is 0 Å². The molecule has 1 amide bonds. The van der Waals surface area contributed by atoms with E-state index in [2.05, 4.69) is 17.9 Å². The molecule has 1 heterocycles. The summed E-state index contributed by atoms with van der Waals surface area (Å²) >= 11 is 12.4. The van der Waals surface area contributed by atoms with Gasteiger partial charge in [0.2, 0.25) is 5.91 Å². The Labute approximate surface area is 166 Å². The van der Waals surface area contributed by atoms with Crippen molar-refractivity contribution >= 4 is 29.1 Å². The predicted molar refractivity (Wildman–Crippen MR) is 106 cm³/mol. The van der Waals surface area contributed by atoms with Crippen LogP contribution < -0.4 is 0 Å². The second kappa shape index (κ2) is 8.47. The zero-order valence-corrected chi connectivity index (χ0v) is 17.2. The molecular weight excluding hydrogens is 371 g/mol. The van der Waals surface area contributed by atoms with E-state index in [-0.39, 0.29) is 17.4 Å². The van der Waals surface area contributed by atoms with Crippen molar-refractivity contribution in [1.29, 1.82) is 0 Å². The minimum atomic E-state index is -0.0229. The lowest BCUT2D eigenvalue weighted by molar-refractivity contribution is -0.133. The molecule has 1 aliphatic heterocycles. The third kappa shape index (κ3) is 4.04. The van der Waals surface area contributed by atoms with Gasteiger partial charge in [0.25, 0.3) is 0 Å². The van der Waals surface area contributed by atoms with Crippen LogP contribution in [0, 0.1) is 0 Å². The van der Waals surface area contributed by atoms with E-state index in [9.17, 15) is 4.79 Å². The molecule has 1 saturated carbocycles. The summed E-state index contributed by atoms with van der Waals surface area (Å²) in [6, 6.07) is 6.06. The van der Waals surface area contributed by atoms with Gasteiger partial charge in [-0.1, -0.05) is 35.7 Å². The van der Waals surface area contributed by atoms with Crippen molar-refractivity contribution < 1.29 is 9.53 Å². The highest BCUT2D eigenvalue weighted by atomic mass is 35.5. The first-order chi connectivity index (χ1) is 12.4. The van der Waals surface area contributed by atoms with Gasteiger partial charge in [0.05, 0.1) is 23.3 Å². The molecule has 0 spiro atoms.